The highest BCUT2D eigenvalue weighted by Gasteiger charge is 2.27. The number of rotatable bonds is 6. The molecule has 0 saturated heterocycles. The lowest BCUT2D eigenvalue weighted by Gasteiger charge is -2.19. The molecule has 25 heavy (non-hydrogen) atoms. The van der Waals surface area contributed by atoms with Crippen molar-refractivity contribution in [3.8, 4) is 0 Å². The molecule has 0 bridgehead atoms. The van der Waals surface area contributed by atoms with Crippen LogP contribution in [0.2, 0.25) is 0 Å². The molecule has 7 heteroatoms. The van der Waals surface area contributed by atoms with E-state index in [9.17, 15) is 14.0 Å². The SMILES string of the molecule is CC(C)CC(=O)Nc1ccc(C(=O)NC2CCCC2CN)cc1F.Cl. The quantitative estimate of drug-likeness (QED) is 0.718. The zero-order chi connectivity index (χ0) is 17.7. The van der Waals surface area contributed by atoms with Crippen molar-refractivity contribution >= 4 is 29.9 Å². The standard InChI is InChI=1S/C18H26FN3O2.ClH/c1-11(2)8-17(23)21-16-7-6-12(9-14(16)19)18(24)22-15-5-3-4-13(15)10-20;/h6-7,9,11,13,15H,3-5,8,10,20H2,1-2H3,(H,21,23)(H,22,24);1H. The molecule has 140 valence electrons. The maximum atomic E-state index is 14.1. The first-order chi connectivity index (χ1) is 11.4. The van der Waals surface area contributed by atoms with Gasteiger partial charge in [-0.1, -0.05) is 20.3 Å². The second kappa shape index (κ2) is 9.73. The molecule has 2 rings (SSSR count). The van der Waals surface area contributed by atoms with E-state index in [-0.39, 0.29) is 53.3 Å². The molecule has 4 N–H and O–H groups in total. The third-order valence-corrected chi connectivity index (χ3v) is 4.38. The van der Waals surface area contributed by atoms with E-state index in [1.165, 1.54) is 12.1 Å². The Kier molecular flexibility index (Phi) is 8.32. The van der Waals surface area contributed by atoms with Crippen molar-refractivity contribution in [3.05, 3.63) is 29.6 Å². The van der Waals surface area contributed by atoms with E-state index in [2.05, 4.69) is 10.6 Å². The number of halogens is 2. The summed E-state index contributed by atoms with van der Waals surface area (Å²) in [7, 11) is 0. The normalized spacial score (nSPS) is 19.4. The van der Waals surface area contributed by atoms with Gasteiger partial charge < -0.3 is 16.4 Å². The van der Waals surface area contributed by atoms with Crippen LogP contribution in [0.25, 0.3) is 0 Å². The van der Waals surface area contributed by atoms with E-state index >= 15 is 0 Å². The smallest absolute Gasteiger partial charge is 0.251 e. The number of nitrogens with one attached hydrogen (secondary N) is 2. The summed E-state index contributed by atoms with van der Waals surface area (Å²) in [5.74, 6) is -0.674. The van der Waals surface area contributed by atoms with Gasteiger partial charge in [0.05, 0.1) is 5.69 Å². The lowest BCUT2D eigenvalue weighted by Crippen LogP contribution is -2.39. The largest absolute Gasteiger partial charge is 0.349 e. The minimum absolute atomic E-state index is 0. The average molecular weight is 372 g/mol. The predicted octanol–water partition coefficient (Wildman–Crippen LogP) is 3.09. The van der Waals surface area contributed by atoms with E-state index in [1.54, 1.807) is 0 Å². The second-order valence-electron chi connectivity index (χ2n) is 6.85. The number of hydrogen-bond donors (Lipinski definition) is 3. The summed E-state index contributed by atoms with van der Waals surface area (Å²) in [6.07, 6.45) is 3.28. The van der Waals surface area contributed by atoms with E-state index in [0.717, 1.165) is 25.3 Å². The molecule has 1 saturated carbocycles. The van der Waals surface area contributed by atoms with Gasteiger partial charge in [0.25, 0.3) is 5.91 Å². The van der Waals surface area contributed by atoms with Crippen LogP contribution in [0.4, 0.5) is 10.1 Å². The van der Waals surface area contributed by atoms with Crippen molar-refractivity contribution in [3.63, 3.8) is 0 Å². The Morgan fingerprint density at radius 1 is 1.32 bits per heavy atom. The number of anilines is 1. The molecule has 0 heterocycles. The summed E-state index contributed by atoms with van der Waals surface area (Å²) in [5, 5.41) is 5.47. The lowest BCUT2D eigenvalue weighted by molar-refractivity contribution is -0.116. The average Bonchev–Trinajstić information content (AvgIpc) is 2.95. The van der Waals surface area contributed by atoms with Gasteiger partial charge in [0.15, 0.2) is 0 Å². The lowest BCUT2D eigenvalue weighted by atomic mass is 10.0. The number of hydrogen-bond acceptors (Lipinski definition) is 3. The van der Waals surface area contributed by atoms with Gasteiger partial charge in [-0.3, -0.25) is 9.59 Å². The van der Waals surface area contributed by atoms with Crippen molar-refractivity contribution in [2.45, 2.75) is 45.6 Å². The fourth-order valence-electron chi connectivity index (χ4n) is 3.09. The summed E-state index contributed by atoms with van der Waals surface area (Å²) in [5.41, 5.74) is 6.05. The molecule has 5 nitrogen and oxygen atoms in total. The molecule has 0 aliphatic heterocycles. The Balaban J connectivity index is 0.00000312. The zero-order valence-electron chi connectivity index (χ0n) is 14.7. The molecule has 1 aliphatic rings. The van der Waals surface area contributed by atoms with Crippen LogP contribution in [0.15, 0.2) is 18.2 Å². The van der Waals surface area contributed by atoms with Gasteiger partial charge in [-0.05, 0) is 49.4 Å². The Morgan fingerprint density at radius 2 is 2.04 bits per heavy atom. The summed E-state index contributed by atoms with van der Waals surface area (Å²) in [4.78, 5) is 24.0. The number of benzene rings is 1. The first-order valence-electron chi connectivity index (χ1n) is 8.51. The monoisotopic (exact) mass is 371 g/mol. The van der Waals surface area contributed by atoms with Gasteiger partial charge >= 0.3 is 0 Å². The molecule has 0 aromatic heterocycles. The molecule has 2 unspecified atom stereocenters. The van der Waals surface area contributed by atoms with Crippen LogP contribution < -0.4 is 16.4 Å². The fraction of sp³-hybridized carbons (Fsp3) is 0.556. The van der Waals surface area contributed by atoms with Gasteiger partial charge in [0.2, 0.25) is 5.91 Å². The first kappa shape index (κ1) is 21.4. The predicted molar refractivity (Wildman–Crippen MR) is 99.4 cm³/mol. The number of carbonyl (C=O) groups is 2. The molecule has 2 atom stereocenters. The zero-order valence-corrected chi connectivity index (χ0v) is 15.5. The molecule has 1 aromatic rings. The van der Waals surface area contributed by atoms with Gasteiger partial charge in [-0.15, -0.1) is 12.4 Å². The molecule has 2 amide bonds. The fourth-order valence-corrected chi connectivity index (χ4v) is 3.09. The van der Waals surface area contributed by atoms with Crippen LogP contribution in [0, 0.1) is 17.7 Å². The Hall–Kier alpha value is -1.66. The maximum absolute atomic E-state index is 14.1. The first-order valence-corrected chi connectivity index (χ1v) is 8.51. The van der Waals surface area contributed by atoms with Crippen LogP contribution in [-0.4, -0.2) is 24.4 Å². The Bertz CT molecular complexity index is 610. The van der Waals surface area contributed by atoms with E-state index in [0.29, 0.717) is 13.0 Å². The van der Waals surface area contributed by atoms with Crippen molar-refractivity contribution in [1.82, 2.24) is 5.32 Å². The van der Waals surface area contributed by atoms with Gasteiger partial charge in [0, 0.05) is 18.0 Å². The molecule has 1 fully saturated rings. The van der Waals surface area contributed by atoms with E-state index < -0.39 is 5.82 Å². The van der Waals surface area contributed by atoms with Crippen molar-refractivity contribution < 1.29 is 14.0 Å². The van der Waals surface area contributed by atoms with Crippen LogP contribution in [0.5, 0.6) is 0 Å². The Labute approximate surface area is 154 Å². The van der Waals surface area contributed by atoms with Crippen molar-refractivity contribution in [2.24, 2.45) is 17.6 Å². The molecule has 1 aromatic carbocycles. The summed E-state index contributed by atoms with van der Waals surface area (Å²) in [6.45, 7) is 4.38. The topological polar surface area (TPSA) is 84.2 Å². The molecular formula is C18H27ClFN3O2. The minimum atomic E-state index is -0.610. The van der Waals surface area contributed by atoms with Crippen molar-refractivity contribution in [2.75, 3.05) is 11.9 Å². The molecule has 0 spiro atoms. The molecular weight excluding hydrogens is 345 g/mol. The third-order valence-electron chi connectivity index (χ3n) is 4.38. The highest BCUT2D eigenvalue weighted by molar-refractivity contribution is 5.96. The Morgan fingerprint density at radius 3 is 2.64 bits per heavy atom. The van der Waals surface area contributed by atoms with Crippen LogP contribution in [0.3, 0.4) is 0 Å². The second-order valence-corrected chi connectivity index (χ2v) is 6.85. The minimum Gasteiger partial charge on any atom is -0.349 e. The molecule has 0 radical (unpaired) electrons. The van der Waals surface area contributed by atoms with Gasteiger partial charge in [0.1, 0.15) is 5.82 Å². The van der Waals surface area contributed by atoms with Crippen molar-refractivity contribution in [1.29, 1.82) is 0 Å². The number of carbonyl (C=O) groups excluding carboxylic acids is 2. The third kappa shape index (κ3) is 5.97. The molecule has 1 aliphatic carbocycles. The summed E-state index contributed by atoms with van der Waals surface area (Å²) in [6, 6.07) is 4.16. The van der Waals surface area contributed by atoms with Crippen LogP contribution in [-0.2, 0) is 4.79 Å². The highest BCUT2D eigenvalue weighted by Crippen LogP contribution is 2.25. The van der Waals surface area contributed by atoms with Gasteiger partial charge in [-0.2, -0.15) is 0 Å². The number of amides is 2. The van der Waals surface area contributed by atoms with Gasteiger partial charge in [-0.25, -0.2) is 4.39 Å². The highest BCUT2D eigenvalue weighted by atomic mass is 35.5. The number of nitrogens with two attached hydrogens (primary N) is 1. The maximum Gasteiger partial charge on any atom is 0.251 e. The van der Waals surface area contributed by atoms with E-state index in [4.69, 9.17) is 5.73 Å². The summed E-state index contributed by atoms with van der Waals surface area (Å²) < 4.78 is 14.1. The van der Waals surface area contributed by atoms with E-state index in [1.807, 2.05) is 13.8 Å². The summed E-state index contributed by atoms with van der Waals surface area (Å²) >= 11 is 0. The van der Waals surface area contributed by atoms with Crippen LogP contribution >= 0.6 is 12.4 Å². The van der Waals surface area contributed by atoms with Crippen LogP contribution in [0.1, 0.15) is 49.9 Å².